The highest BCUT2D eigenvalue weighted by Crippen LogP contribution is 2.07. The number of aromatic nitrogens is 2. The molecule has 1 unspecified atom stereocenters. The van der Waals surface area contributed by atoms with Crippen LogP contribution in [0.2, 0.25) is 0 Å². The van der Waals surface area contributed by atoms with Crippen molar-refractivity contribution in [3.8, 4) is 6.07 Å². The Morgan fingerprint density at radius 2 is 2.45 bits per heavy atom. The van der Waals surface area contributed by atoms with Gasteiger partial charge in [0.05, 0.1) is 18.4 Å². The van der Waals surface area contributed by atoms with E-state index in [0.29, 0.717) is 5.69 Å². The molecule has 4 heteroatoms. The Kier molecular flexibility index (Phi) is 2.53. The minimum atomic E-state index is -0.552. The second-order valence-corrected chi connectivity index (χ2v) is 1.99. The van der Waals surface area contributed by atoms with Crippen LogP contribution in [0.25, 0.3) is 0 Å². The van der Waals surface area contributed by atoms with E-state index in [1.807, 2.05) is 6.07 Å². The van der Waals surface area contributed by atoms with Crippen LogP contribution in [0.1, 0.15) is 11.6 Å². The van der Waals surface area contributed by atoms with E-state index >= 15 is 0 Å². The first kappa shape index (κ1) is 7.63. The van der Waals surface area contributed by atoms with Gasteiger partial charge in [0, 0.05) is 18.6 Å². The maximum Gasteiger partial charge on any atom is 0.113 e. The first-order chi connectivity index (χ1) is 5.38. The van der Waals surface area contributed by atoms with Gasteiger partial charge in [-0.1, -0.05) is 0 Å². The molecule has 1 aromatic heterocycles. The Balaban J connectivity index is 2.85. The SMILES string of the molecule is N#CC(CO)c1cnccn1. The lowest BCUT2D eigenvalue weighted by atomic mass is 10.1. The monoisotopic (exact) mass is 149 g/mol. The zero-order chi connectivity index (χ0) is 8.10. The van der Waals surface area contributed by atoms with E-state index in [4.69, 9.17) is 10.4 Å². The van der Waals surface area contributed by atoms with Crippen molar-refractivity contribution in [1.82, 2.24) is 9.97 Å². The molecule has 1 rings (SSSR count). The van der Waals surface area contributed by atoms with Gasteiger partial charge in [-0.25, -0.2) is 0 Å². The molecule has 56 valence electrons. The maximum absolute atomic E-state index is 8.69. The normalized spacial score (nSPS) is 12.0. The molecule has 0 saturated carbocycles. The summed E-state index contributed by atoms with van der Waals surface area (Å²) < 4.78 is 0. The predicted octanol–water partition coefficient (Wildman–Crippen LogP) is 0.0761. The Morgan fingerprint density at radius 3 is 2.91 bits per heavy atom. The van der Waals surface area contributed by atoms with Crippen LogP contribution in [0.5, 0.6) is 0 Å². The number of aliphatic hydroxyl groups is 1. The zero-order valence-electron chi connectivity index (χ0n) is 5.81. The van der Waals surface area contributed by atoms with Crippen LogP contribution in [0.3, 0.4) is 0 Å². The van der Waals surface area contributed by atoms with Gasteiger partial charge < -0.3 is 5.11 Å². The second-order valence-electron chi connectivity index (χ2n) is 1.99. The lowest BCUT2D eigenvalue weighted by molar-refractivity contribution is 0.284. The lowest BCUT2D eigenvalue weighted by Gasteiger charge is -2.01. The van der Waals surface area contributed by atoms with Crippen LogP contribution < -0.4 is 0 Å². The number of aliphatic hydroxyl groups excluding tert-OH is 1. The van der Waals surface area contributed by atoms with Gasteiger partial charge in [0.15, 0.2) is 0 Å². The fourth-order valence-electron chi connectivity index (χ4n) is 0.691. The molecule has 0 spiro atoms. The molecule has 11 heavy (non-hydrogen) atoms. The summed E-state index contributed by atoms with van der Waals surface area (Å²) in [4.78, 5) is 7.65. The minimum absolute atomic E-state index is 0.213. The van der Waals surface area contributed by atoms with Crippen LogP contribution in [0.4, 0.5) is 0 Å². The zero-order valence-corrected chi connectivity index (χ0v) is 5.81. The van der Waals surface area contributed by atoms with Gasteiger partial charge in [-0.2, -0.15) is 5.26 Å². The van der Waals surface area contributed by atoms with Crippen LogP contribution in [-0.4, -0.2) is 21.7 Å². The minimum Gasteiger partial charge on any atom is -0.395 e. The van der Waals surface area contributed by atoms with Crippen molar-refractivity contribution >= 4 is 0 Å². The lowest BCUT2D eigenvalue weighted by Crippen LogP contribution is -2.03. The van der Waals surface area contributed by atoms with E-state index in [1.54, 1.807) is 0 Å². The van der Waals surface area contributed by atoms with Crippen molar-refractivity contribution in [2.24, 2.45) is 0 Å². The van der Waals surface area contributed by atoms with Crippen molar-refractivity contribution in [3.05, 3.63) is 24.3 Å². The van der Waals surface area contributed by atoms with E-state index in [1.165, 1.54) is 18.6 Å². The summed E-state index contributed by atoms with van der Waals surface area (Å²) in [5.74, 6) is -0.552. The van der Waals surface area contributed by atoms with Crippen molar-refractivity contribution < 1.29 is 5.11 Å². The highest BCUT2D eigenvalue weighted by molar-refractivity contribution is 5.12. The van der Waals surface area contributed by atoms with Gasteiger partial charge in [-0.3, -0.25) is 9.97 Å². The molecule has 0 aliphatic rings. The maximum atomic E-state index is 8.69. The Labute approximate surface area is 64.2 Å². The van der Waals surface area contributed by atoms with Gasteiger partial charge in [0.2, 0.25) is 0 Å². The largest absolute Gasteiger partial charge is 0.395 e. The van der Waals surface area contributed by atoms with Gasteiger partial charge in [0.25, 0.3) is 0 Å². The average molecular weight is 149 g/mol. The smallest absolute Gasteiger partial charge is 0.113 e. The number of rotatable bonds is 2. The summed E-state index contributed by atoms with van der Waals surface area (Å²) in [6, 6.07) is 1.92. The third kappa shape index (κ3) is 1.72. The fourth-order valence-corrected chi connectivity index (χ4v) is 0.691. The number of hydrogen-bond acceptors (Lipinski definition) is 4. The topological polar surface area (TPSA) is 69.8 Å². The number of nitrogens with zero attached hydrogens (tertiary/aromatic N) is 3. The van der Waals surface area contributed by atoms with Crippen LogP contribution >= 0.6 is 0 Å². The van der Waals surface area contributed by atoms with E-state index in [9.17, 15) is 0 Å². The summed E-state index contributed by atoms with van der Waals surface area (Å²) >= 11 is 0. The van der Waals surface area contributed by atoms with Gasteiger partial charge in [-0.15, -0.1) is 0 Å². The van der Waals surface area contributed by atoms with Crippen molar-refractivity contribution in [1.29, 1.82) is 5.26 Å². The summed E-state index contributed by atoms with van der Waals surface area (Å²) in [5.41, 5.74) is 0.512. The van der Waals surface area contributed by atoms with Gasteiger partial charge in [0.1, 0.15) is 5.92 Å². The third-order valence-corrected chi connectivity index (χ3v) is 1.28. The molecule has 0 aromatic carbocycles. The molecule has 0 fully saturated rings. The number of nitriles is 1. The molecule has 4 nitrogen and oxygen atoms in total. The Bertz CT molecular complexity index is 254. The fraction of sp³-hybridized carbons (Fsp3) is 0.286. The molecule has 0 saturated heterocycles. The molecule has 1 N–H and O–H groups in total. The summed E-state index contributed by atoms with van der Waals surface area (Å²) in [6.07, 6.45) is 4.49. The van der Waals surface area contributed by atoms with Gasteiger partial charge >= 0.3 is 0 Å². The summed E-state index contributed by atoms with van der Waals surface area (Å²) in [5, 5.41) is 17.2. The molecule has 1 aromatic rings. The van der Waals surface area contributed by atoms with Crippen molar-refractivity contribution in [3.63, 3.8) is 0 Å². The van der Waals surface area contributed by atoms with Gasteiger partial charge in [-0.05, 0) is 0 Å². The predicted molar refractivity (Wildman–Crippen MR) is 37.5 cm³/mol. The van der Waals surface area contributed by atoms with E-state index in [2.05, 4.69) is 9.97 Å². The van der Waals surface area contributed by atoms with Crippen LogP contribution in [0.15, 0.2) is 18.6 Å². The van der Waals surface area contributed by atoms with E-state index in [0.717, 1.165) is 0 Å². The molecule has 0 bridgehead atoms. The highest BCUT2D eigenvalue weighted by Gasteiger charge is 2.09. The quantitative estimate of drug-likeness (QED) is 0.646. The molecule has 0 aliphatic carbocycles. The second kappa shape index (κ2) is 3.64. The first-order valence-electron chi connectivity index (χ1n) is 3.15. The molecule has 0 radical (unpaired) electrons. The molecular formula is C7H7N3O. The van der Waals surface area contributed by atoms with Crippen LogP contribution in [0, 0.1) is 11.3 Å². The first-order valence-corrected chi connectivity index (χ1v) is 3.15. The van der Waals surface area contributed by atoms with Crippen molar-refractivity contribution in [2.45, 2.75) is 5.92 Å². The molecule has 1 atom stereocenters. The molecule has 0 aliphatic heterocycles. The summed E-state index contributed by atoms with van der Waals surface area (Å²) in [6.45, 7) is -0.213. The number of hydrogen-bond donors (Lipinski definition) is 1. The third-order valence-electron chi connectivity index (χ3n) is 1.28. The van der Waals surface area contributed by atoms with E-state index < -0.39 is 5.92 Å². The molecular weight excluding hydrogens is 142 g/mol. The molecule has 1 heterocycles. The van der Waals surface area contributed by atoms with Crippen LogP contribution in [-0.2, 0) is 0 Å². The Hall–Kier alpha value is -1.47. The summed E-state index contributed by atoms with van der Waals surface area (Å²) in [7, 11) is 0. The van der Waals surface area contributed by atoms with Crippen molar-refractivity contribution in [2.75, 3.05) is 6.61 Å². The highest BCUT2D eigenvalue weighted by atomic mass is 16.3. The standard InChI is InChI=1S/C7H7N3O/c8-3-6(5-11)7-4-9-1-2-10-7/h1-2,4,6,11H,5H2. The average Bonchev–Trinajstić information content (AvgIpc) is 2.09. The van der Waals surface area contributed by atoms with E-state index in [-0.39, 0.29) is 6.61 Å². The Morgan fingerprint density at radius 1 is 1.64 bits per heavy atom. The molecule has 0 amide bonds.